The van der Waals surface area contributed by atoms with E-state index in [4.69, 9.17) is 0 Å². The molecule has 4 heteroatoms. The number of nitrogens with zero attached hydrogens (tertiary/aromatic N) is 2. The van der Waals surface area contributed by atoms with Gasteiger partial charge in [-0.3, -0.25) is 4.90 Å². The molecular formula is C9H19N3O. The van der Waals surface area contributed by atoms with Gasteiger partial charge in [0.2, 0.25) is 0 Å². The summed E-state index contributed by atoms with van der Waals surface area (Å²) in [6.45, 7) is 6.16. The third-order valence-corrected chi connectivity index (χ3v) is 3.16. The molecule has 0 bridgehead atoms. The summed E-state index contributed by atoms with van der Waals surface area (Å²) in [6, 6.07) is 0.355. The van der Waals surface area contributed by atoms with Crippen molar-refractivity contribution in [3.05, 3.63) is 0 Å². The second-order valence-electron chi connectivity index (χ2n) is 4.13. The Balaban J connectivity index is 1.86. The first-order valence-electron chi connectivity index (χ1n) is 5.09. The topological polar surface area (TPSA) is 38.7 Å². The molecule has 4 nitrogen and oxygen atoms in total. The molecule has 2 atom stereocenters. The SMILES string of the molecule is CN1CCN([C@H]2CNC[C@@H]2O)CC1. The highest BCUT2D eigenvalue weighted by Gasteiger charge is 2.31. The summed E-state index contributed by atoms with van der Waals surface area (Å²) in [4.78, 5) is 4.75. The molecule has 0 spiro atoms. The third kappa shape index (κ3) is 2.02. The number of rotatable bonds is 1. The zero-order valence-electron chi connectivity index (χ0n) is 8.24. The quantitative estimate of drug-likeness (QED) is 0.525. The monoisotopic (exact) mass is 185 g/mol. The Morgan fingerprint density at radius 1 is 1.15 bits per heavy atom. The molecule has 2 aliphatic heterocycles. The predicted octanol–water partition coefficient (Wildman–Crippen LogP) is -1.43. The van der Waals surface area contributed by atoms with Gasteiger partial charge in [0.15, 0.2) is 0 Å². The minimum atomic E-state index is -0.164. The Bertz CT molecular complexity index is 168. The Kier molecular flexibility index (Phi) is 2.83. The first-order valence-corrected chi connectivity index (χ1v) is 5.09. The van der Waals surface area contributed by atoms with E-state index in [9.17, 15) is 5.11 Å². The number of hydrogen-bond donors (Lipinski definition) is 2. The van der Waals surface area contributed by atoms with E-state index < -0.39 is 0 Å². The fourth-order valence-electron chi connectivity index (χ4n) is 2.18. The maximum absolute atomic E-state index is 9.69. The van der Waals surface area contributed by atoms with Crippen LogP contribution in [0.5, 0.6) is 0 Å². The van der Waals surface area contributed by atoms with Crippen molar-refractivity contribution >= 4 is 0 Å². The fraction of sp³-hybridized carbons (Fsp3) is 1.00. The molecule has 0 aromatic heterocycles. The number of aliphatic hydroxyl groups is 1. The van der Waals surface area contributed by atoms with Gasteiger partial charge in [-0.05, 0) is 7.05 Å². The molecule has 0 unspecified atom stereocenters. The van der Waals surface area contributed by atoms with Crippen LogP contribution in [0.4, 0.5) is 0 Å². The summed E-state index contributed by atoms with van der Waals surface area (Å²) >= 11 is 0. The van der Waals surface area contributed by atoms with Crippen molar-refractivity contribution < 1.29 is 5.11 Å². The highest BCUT2D eigenvalue weighted by molar-refractivity contribution is 4.90. The highest BCUT2D eigenvalue weighted by Crippen LogP contribution is 2.11. The van der Waals surface area contributed by atoms with E-state index in [1.54, 1.807) is 0 Å². The van der Waals surface area contributed by atoms with Gasteiger partial charge in [-0.1, -0.05) is 0 Å². The number of likely N-dealkylation sites (N-methyl/N-ethyl adjacent to an activating group) is 1. The fourth-order valence-corrected chi connectivity index (χ4v) is 2.18. The molecule has 2 heterocycles. The second-order valence-corrected chi connectivity index (χ2v) is 4.13. The van der Waals surface area contributed by atoms with Crippen LogP contribution in [0.15, 0.2) is 0 Å². The Hall–Kier alpha value is -0.160. The Morgan fingerprint density at radius 3 is 2.38 bits per heavy atom. The Labute approximate surface area is 79.5 Å². The molecule has 13 heavy (non-hydrogen) atoms. The van der Waals surface area contributed by atoms with Gasteiger partial charge in [-0.2, -0.15) is 0 Å². The summed E-state index contributed by atoms with van der Waals surface area (Å²) < 4.78 is 0. The van der Waals surface area contributed by atoms with Crippen LogP contribution in [0.1, 0.15) is 0 Å². The highest BCUT2D eigenvalue weighted by atomic mass is 16.3. The van der Waals surface area contributed by atoms with Crippen molar-refractivity contribution in [3.8, 4) is 0 Å². The summed E-state index contributed by atoms with van der Waals surface area (Å²) in [5, 5.41) is 12.9. The molecule has 2 aliphatic rings. The lowest BCUT2D eigenvalue weighted by molar-refractivity contribution is 0.0512. The molecule has 0 radical (unpaired) electrons. The van der Waals surface area contributed by atoms with Gasteiger partial charge in [0.05, 0.1) is 6.10 Å². The first kappa shape index (κ1) is 9.40. The number of hydrogen-bond acceptors (Lipinski definition) is 4. The molecule has 2 N–H and O–H groups in total. The molecule has 76 valence electrons. The van der Waals surface area contributed by atoms with E-state index in [-0.39, 0.29) is 6.10 Å². The van der Waals surface area contributed by atoms with Gasteiger partial charge in [0.25, 0.3) is 0 Å². The predicted molar refractivity (Wildman–Crippen MR) is 51.7 cm³/mol. The Morgan fingerprint density at radius 2 is 1.85 bits per heavy atom. The molecule has 0 amide bonds. The molecular weight excluding hydrogens is 166 g/mol. The molecule has 2 rings (SSSR count). The van der Waals surface area contributed by atoms with Gasteiger partial charge < -0.3 is 15.3 Å². The van der Waals surface area contributed by atoms with E-state index in [1.807, 2.05) is 0 Å². The average molecular weight is 185 g/mol. The summed E-state index contributed by atoms with van der Waals surface area (Å²) in [5.74, 6) is 0. The maximum Gasteiger partial charge on any atom is 0.0831 e. The number of piperazine rings is 1. The van der Waals surface area contributed by atoms with Gasteiger partial charge in [0, 0.05) is 45.3 Å². The summed E-state index contributed by atoms with van der Waals surface area (Å²) in [7, 11) is 2.15. The molecule has 0 aromatic carbocycles. The van der Waals surface area contributed by atoms with E-state index in [0.717, 1.165) is 39.3 Å². The van der Waals surface area contributed by atoms with E-state index in [2.05, 4.69) is 22.2 Å². The van der Waals surface area contributed by atoms with Crippen LogP contribution in [0.2, 0.25) is 0 Å². The minimum absolute atomic E-state index is 0.164. The van der Waals surface area contributed by atoms with Crippen molar-refractivity contribution in [2.45, 2.75) is 12.1 Å². The standard InChI is InChI=1S/C9H19N3O/c1-11-2-4-12(5-3-11)8-6-10-7-9(8)13/h8-10,13H,2-7H2,1H3/t8-,9-/m0/s1. The number of nitrogens with one attached hydrogen (secondary N) is 1. The maximum atomic E-state index is 9.69. The molecule has 2 fully saturated rings. The summed E-state index contributed by atoms with van der Waals surface area (Å²) in [6.07, 6.45) is -0.164. The van der Waals surface area contributed by atoms with Crippen LogP contribution in [-0.2, 0) is 0 Å². The van der Waals surface area contributed by atoms with Crippen LogP contribution in [-0.4, -0.2) is 73.4 Å². The van der Waals surface area contributed by atoms with Crippen molar-refractivity contribution in [1.29, 1.82) is 0 Å². The average Bonchev–Trinajstić information content (AvgIpc) is 2.53. The van der Waals surface area contributed by atoms with Crippen LogP contribution < -0.4 is 5.32 Å². The van der Waals surface area contributed by atoms with E-state index in [0.29, 0.717) is 6.04 Å². The van der Waals surface area contributed by atoms with Crippen LogP contribution in [0.3, 0.4) is 0 Å². The van der Waals surface area contributed by atoms with Crippen LogP contribution in [0.25, 0.3) is 0 Å². The second kappa shape index (κ2) is 3.92. The largest absolute Gasteiger partial charge is 0.390 e. The summed E-state index contributed by atoms with van der Waals surface area (Å²) in [5.41, 5.74) is 0. The third-order valence-electron chi connectivity index (χ3n) is 3.16. The van der Waals surface area contributed by atoms with Gasteiger partial charge in [-0.15, -0.1) is 0 Å². The number of β-amino-alcohol motifs (C(OH)–C–C–N with tert-alkyl or cyclic N) is 1. The van der Waals surface area contributed by atoms with Crippen molar-refractivity contribution in [2.24, 2.45) is 0 Å². The number of aliphatic hydroxyl groups excluding tert-OH is 1. The van der Waals surface area contributed by atoms with Gasteiger partial charge in [0.1, 0.15) is 0 Å². The van der Waals surface area contributed by atoms with E-state index in [1.165, 1.54) is 0 Å². The lowest BCUT2D eigenvalue weighted by atomic mass is 10.1. The normalized spacial score (nSPS) is 38.3. The zero-order valence-corrected chi connectivity index (χ0v) is 8.24. The first-order chi connectivity index (χ1) is 6.27. The minimum Gasteiger partial charge on any atom is -0.390 e. The zero-order chi connectivity index (χ0) is 9.26. The smallest absolute Gasteiger partial charge is 0.0831 e. The van der Waals surface area contributed by atoms with Crippen molar-refractivity contribution in [1.82, 2.24) is 15.1 Å². The van der Waals surface area contributed by atoms with Crippen LogP contribution >= 0.6 is 0 Å². The molecule has 0 saturated carbocycles. The van der Waals surface area contributed by atoms with Gasteiger partial charge >= 0.3 is 0 Å². The lowest BCUT2D eigenvalue weighted by Gasteiger charge is -2.37. The van der Waals surface area contributed by atoms with Crippen molar-refractivity contribution in [3.63, 3.8) is 0 Å². The van der Waals surface area contributed by atoms with Gasteiger partial charge in [-0.25, -0.2) is 0 Å². The molecule has 2 saturated heterocycles. The van der Waals surface area contributed by atoms with Crippen LogP contribution in [0, 0.1) is 0 Å². The lowest BCUT2D eigenvalue weighted by Crippen LogP contribution is -2.52. The molecule has 0 aromatic rings. The molecule has 0 aliphatic carbocycles. The van der Waals surface area contributed by atoms with E-state index >= 15 is 0 Å². The van der Waals surface area contributed by atoms with Crippen molar-refractivity contribution in [2.75, 3.05) is 46.3 Å².